The normalized spacial score (nSPS) is 12.0. The highest BCUT2D eigenvalue weighted by molar-refractivity contribution is 6.28. The van der Waals surface area contributed by atoms with Gasteiger partial charge >= 0.3 is 0 Å². The SMILES string of the molecule is CC(C)c1ccc(N(c2ccc3c4ccccc4c4ccccc4c4ccccc4c4cc5c(cc4c3c2)oc2ccccc25)c2cccc3c2oc2ccccc23)cc1. The molecule has 0 saturated heterocycles. The van der Waals surface area contributed by atoms with E-state index in [4.69, 9.17) is 8.83 Å². The Bertz CT molecular complexity index is 3760. The molecule has 2 aromatic heterocycles. The molecule has 3 heteroatoms. The van der Waals surface area contributed by atoms with Crippen molar-refractivity contribution in [3.05, 3.63) is 200 Å². The van der Waals surface area contributed by atoms with Crippen LogP contribution in [0.1, 0.15) is 25.3 Å². The summed E-state index contributed by atoms with van der Waals surface area (Å²) >= 11 is 0. The van der Waals surface area contributed by atoms with Gasteiger partial charge in [-0.05, 0) is 120 Å². The Labute approximate surface area is 346 Å². The van der Waals surface area contributed by atoms with Crippen LogP contribution in [0.15, 0.2) is 203 Å². The summed E-state index contributed by atoms with van der Waals surface area (Å²) in [5.74, 6) is 0.412. The molecule has 10 aromatic carbocycles. The molecule has 0 amide bonds. The smallest absolute Gasteiger partial charge is 0.159 e. The van der Waals surface area contributed by atoms with Crippen molar-refractivity contribution >= 4 is 115 Å². The van der Waals surface area contributed by atoms with Crippen LogP contribution in [-0.2, 0) is 0 Å². The molecule has 284 valence electrons. The Balaban J connectivity index is 1.29. The largest absolute Gasteiger partial charge is 0.456 e. The van der Waals surface area contributed by atoms with Gasteiger partial charge in [-0.3, -0.25) is 0 Å². The maximum atomic E-state index is 6.75. The maximum absolute atomic E-state index is 6.75. The number of nitrogens with zero attached hydrogens (tertiary/aromatic N) is 1. The zero-order chi connectivity index (χ0) is 39.9. The number of benzene rings is 9. The van der Waals surface area contributed by atoms with Crippen molar-refractivity contribution in [3.63, 3.8) is 0 Å². The quantitative estimate of drug-likeness (QED) is 0.179. The van der Waals surface area contributed by atoms with E-state index in [-0.39, 0.29) is 0 Å². The van der Waals surface area contributed by atoms with Crippen molar-refractivity contribution in [3.8, 4) is 0 Å². The second-order valence-corrected chi connectivity index (χ2v) is 16.2. The number of hydrogen-bond acceptors (Lipinski definition) is 3. The second-order valence-electron chi connectivity index (χ2n) is 16.2. The highest BCUT2D eigenvalue weighted by Crippen LogP contribution is 2.45. The fourth-order valence-electron chi connectivity index (χ4n) is 9.55. The van der Waals surface area contributed by atoms with Crippen LogP contribution >= 0.6 is 0 Å². The Morgan fingerprint density at radius 1 is 0.317 bits per heavy atom. The number of anilines is 3. The van der Waals surface area contributed by atoms with Gasteiger partial charge in [0.05, 0.1) is 5.69 Å². The zero-order valence-corrected chi connectivity index (χ0v) is 33.3. The lowest BCUT2D eigenvalue weighted by molar-refractivity contribution is 0.669. The molecule has 0 bridgehead atoms. The van der Waals surface area contributed by atoms with Gasteiger partial charge in [-0.1, -0.05) is 153 Å². The molecule has 60 heavy (non-hydrogen) atoms. The molecule has 12 aromatic rings. The first-order valence-corrected chi connectivity index (χ1v) is 20.8. The summed E-state index contributed by atoms with van der Waals surface area (Å²) < 4.78 is 13.4. The van der Waals surface area contributed by atoms with Crippen LogP contribution in [0.4, 0.5) is 17.1 Å². The Morgan fingerprint density at radius 2 is 0.767 bits per heavy atom. The summed E-state index contributed by atoms with van der Waals surface area (Å²) in [6, 6.07) is 70.4. The van der Waals surface area contributed by atoms with Crippen LogP contribution in [0.5, 0.6) is 0 Å². The molecule has 0 unspecified atom stereocenters. The number of para-hydroxylation sites is 3. The van der Waals surface area contributed by atoms with Crippen LogP contribution in [0.3, 0.4) is 0 Å². The number of furan rings is 2. The summed E-state index contributed by atoms with van der Waals surface area (Å²) in [5.41, 5.74) is 7.83. The van der Waals surface area contributed by atoms with Crippen molar-refractivity contribution in [1.29, 1.82) is 0 Å². The topological polar surface area (TPSA) is 29.5 Å². The van der Waals surface area contributed by atoms with E-state index in [2.05, 4.69) is 201 Å². The van der Waals surface area contributed by atoms with Crippen molar-refractivity contribution in [1.82, 2.24) is 0 Å². The van der Waals surface area contributed by atoms with Crippen LogP contribution in [0, 0.1) is 0 Å². The first-order valence-electron chi connectivity index (χ1n) is 20.8. The van der Waals surface area contributed by atoms with Crippen molar-refractivity contribution in [2.24, 2.45) is 0 Å². The lowest BCUT2D eigenvalue weighted by Crippen LogP contribution is -2.10. The van der Waals surface area contributed by atoms with E-state index in [9.17, 15) is 0 Å². The average molecular weight is 770 g/mol. The molecule has 2 heterocycles. The van der Waals surface area contributed by atoms with Gasteiger partial charge < -0.3 is 13.7 Å². The molecule has 0 aliphatic rings. The molecular formula is C57H39NO2. The zero-order valence-electron chi connectivity index (χ0n) is 33.3. The van der Waals surface area contributed by atoms with Gasteiger partial charge in [0.15, 0.2) is 5.58 Å². The summed E-state index contributed by atoms with van der Waals surface area (Å²) in [5, 5.41) is 16.1. The predicted molar refractivity (Wildman–Crippen MR) is 255 cm³/mol. The lowest BCUT2D eigenvalue weighted by Gasteiger charge is -2.26. The molecule has 0 radical (unpaired) electrons. The van der Waals surface area contributed by atoms with Crippen molar-refractivity contribution in [2.75, 3.05) is 4.90 Å². The third kappa shape index (κ3) is 5.29. The molecule has 0 aliphatic carbocycles. The summed E-state index contributed by atoms with van der Waals surface area (Å²) in [6.07, 6.45) is 0. The van der Waals surface area contributed by atoms with E-state index in [1.54, 1.807) is 0 Å². The van der Waals surface area contributed by atoms with E-state index >= 15 is 0 Å². The molecule has 0 spiro atoms. The molecule has 0 atom stereocenters. The first kappa shape index (κ1) is 34.4. The average Bonchev–Trinajstić information content (AvgIpc) is 3.87. The molecule has 0 N–H and O–H groups in total. The molecule has 12 rings (SSSR count). The second kappa shape index (κ2) is 13.5. The minimum Gasteiger partial charge on any atom is -0.456 e. The monoisotopic (exact) mass is 769 g/mol. The summed E-state index contributed by atoms with van der Waals surface area (Å²) in [4.78, 5) is 2.36. The fourth-order valence-corrected chi connectivity index (χ4v) is 9.55. The van der Waals surface area contributed by atoms with Gasteiger partial charge in [0.1, 0.15) is 16.7 Å². The van der Waals surface area contributed by atoms with Gasteiger partial charge in [0.2, 0.25) is 0 Å². The molecule has 3 nitrogen and oxygen atoms in total. The summed E-state index contributed by atoms with van der Waals surface area (Å²) in [6.45, 7) is 4.49. The van der Waals surface area contributed by atoms with Gasteiger partial charge in [-0.25, -0.2) is 0 Å². The molecular weight excluding hydrogens is 731 g/mol. The van der Waals surface area contributed by atoms with E-state index in [0.29, 0.717) is 5.92 Å². The third-order valence-corrected chi connectivity index (χ3v) is 12.5. The Hall–Kier alpha value is -7.62. The Kier molecular flexibility index (Phi) is 7.73. The lowest BCUT2D eigenvalue weighted by atomic mass is 9.93. The minimum absolute atomic E-state index is 0.412. The van der Waals surface area contributed by atoms with E-state index in [1.165, 1.54) is 37.9 Å². The van der Waals surface area contributed by atoms with Gasteiger partial charge in [0, 0.05) is 32.9 Å². The van der Waals surface area contributed by atoms with Crippen LogP contribution in [0.2, 0.25) is 0 Å². The number of rotatable bonds is 4. The fraction of sp³-hybridized carbons (Fsp3) is 0.0526. The van der Waals surface area contributed by atoms with Gasteiger partial charge in [-0.2, -0.15) is 0 Å². The van der Waals surface area contributed by atoms with E-state index < -0.39 is 0 Å². The minimum atomic E-state index is 0.412. The molecule has 0 fully saturated rings. The van der Waals surface area contributed by atoms with E-state index in [0.717, 1.165) is 82.5 Å². The first-order chi connectivity index (χ1) is 29.6. The van der Waals surface area contributed by atoms with Crippen molar-refractivity contribution in [2.45, 2.75) is 19.8 Å². The molecule has 0 aliphatic heterocycles. The Morgan fingerprint density at radius 3 is 1.37 bits per heavy atom. The predicted octanol–water partition coefficient (Wildman–Crippen LogP) is 17.0. The van der Waals surface area contributed by atoms with Crippen LogP contribution in [-0.4, -0.2) is 0 Å². The van der Waals surface area contributed by atoms with Crippen LogP contribution < -0.4 is 4.90 Å². The summed E-state index contributed by atoms with van der Waals surface area (Å²) in [7, 11) is 0. The number of hydrogen-bond donors (Lipinski definition) is 0. The highest BCUT2D eigenvalue weighted by Gasteiger charge is 2.21. The van der Waals surface area contributed by atoms with Crippen molar-refractivity contribution < 1.29 is 8.83 Å². The van der Waals surface area contributed by atoms with Crippen LogP contribution in [0.25, 0.3) is 97.7 Å². The number of fused-ring (bicyclic) bond motifs is 16. The highest BCUT2D eigenvalue weighted by atomic mass is 16.3. The van der Waals surface area contributed by atoms with Gasteiger partial charge in [0.25, 0.3) is 0 Å². The van der Waals surface area contributed by atoms with E-state index in [1.807, 2.05) is 12.1 Å². The molecule has 0 saturated carbocycles. The van der Waals surface area contributed by atoms with Gasteiger partial charge in [-0.15, -0.1) is 0 Å². The standard InChI is InChI=1S/C57H39NO2/c1-35(2)36-26-28-37(29-27-36)58(53-23-13-22-48-46-20-9-12-25-55(46)60-57(48)53)38-30-31-45-43-18-6-5-16-41(43)39-14-3-4-15-40(39)42-17-7-8-19-44(42)50-33-52-47-21-10-11-24-54(47)59-56(52)34-51(50)49(45)32-38/h3-35H,1-2H3. The third-order valence-electron chi connectivity index (χ3n) is 12.5. The maximum Gasteiger partial charge on any atom is 0.159 e.